The number of para-hydroxylation sites is 2. The standard InChI is InChI=1S/C21H18N2O2/c24-20(22-16-7-3-1-4-8-16)18-14-11-12-15(13-14)19(18)21(25)23-17-9-5-2-6-10-17/h1-12,14-15H,13H2,(H,22,24)(H,23,25). The molecule has 0 saturated carbocycles. The highest BCUT2D eigenvalue weighted by Gasteiger charge is 2.41. The number of hydrogen-bond donors (Lipinski definition) is 2. The third-order valence-corrected chi connectivity index (χ3v) is 4.67. The minimum Gasteiger partial charge on any atom is -0.322 e. The smallest absolute Gasteiger partial charge is 0.252 e. The first kappa shape index (κ1) is 15.4. The molecule has 0 spiro atoms. The molecule has 2 aromatic rings. The number of amides is 2. The molecular formula is C21H18N2O2. The van der Waals surface area contributed by atoms with Crippen LogP contribution in [0.1, 0.15) is 6.42 Å². The maximum absolute atomic E-state index is 12.8. The van der Waals surface area contributed by atoms with Gasteiger partial charge in [-0.3, -0.25) is 9.59 Å². The molecule has 0 aliphatic heterocycles. The van der Waals surface area contributed by atoms with Gasteiger partial charge in [-0.1, -0.05) is 48.6 Å². The number of hydrogen-bond acceptors (Lipinski definition) is 2. The molecule has 2 aliphatic rings. The third-order valence-electron chi connectivity index (χ3n) is 4.67. The third kappa shape index (κ3) is 2.98. The van der Waals surface area contributed by atoms with Crippen molar-refractivity contribution in [1.82, 2.24) is 0 Å². The molecule has 4 rings (SSSR count). The molecular weight excluding hydrogens is 312 g/mol. The monoisotopic (exact) mass is 330 g/mol. The summed E-state index contributed by atoms with van der Waals surface area (Å²) in [6.07, 6.45) is 4.86. The fraction of sp³-hybridized carbons (Fsp3) is 0.143. The zero-order chi connectivity index (χ0) is 17.2. The molecule has 2 amide bonds. The fourth-order valence-electron chi connectivity index (χ4n) is 3.55. The summed E-state index contributed by atoms with van der Waals surface area (Å²) < 4.78 is 0. The number of fused-ring (bicyclic) bond motifs is 2. The van der Waals surface area contributed by atoms with Crippen LogP contribution in [0, 0.1) is 11.8 Å². The Kier molecular flexibility index (Phi) is 3.94. The lowest BCUT2D eigenvalue weighted by molar-refractivity contribution is -0.115. The van der Waals surface area contributed by atoms with E-state index in [0.29, 0.717) is 11.1 Å². The van der Waals surface area contributed by atoms with E-state index >= 15 is 0 Å². The Labute approximate surface area is 146 Å². The summed E-state index contributed by atoms with van der Waals surface area (Å²) >= 11 is 0. The molecule has 2 aromatic carbocycles. The van der Waals surface area contributed by atoms with Gasteiger partial charge >= 0.3 is 0 Å². The zero-order valence-corrected chi connectivity index (χ0v) is 13.6. The molecule has 0 heterocycles. The van der Waals surface area contributed by atoms with E-state index in [1.54, 1.807) is 0 Å². The lowest BCUT2D eigenvalue weighted by atomic mass is 9.95. The molecule has 0 saturated heterocycles. The highest BCUT2D eigenvalue weighted by Crippen LogP contribution is 2.44. The van der Waals surface area contributed by atoms with E-state index in [4.69, 9.17) is 0 Å². The van der Waals surface area contributed by atoms with Gasteiger partial charge in [0.25, 0.3) is 11.8 Å². The maximum atomic E-state index is 12.8. The van der Waals surface area contributed by atoms with Gasteiger partial charge < -0.3 is 10.6 Å². The summed E-state index contributed by atoms with van der Waals surface area (Å²) in [6.45, 7) is 0. The lowest BCUT2D eigenvalue weighted by Gasteiger charge is -2.16. The molecule has 4 nitrogen and oxygen atoms in total. The first-order valence-corrected chi connectivity index (χ1v) is 8.37. The van der Waals surface area contributed by atoms with Crippen LogP contribution in [0.25, 0.3) is 0 Å². The molecule has 0 aromatic heterocycles. The van der Waals surface area contributed by atoms with Crippen molar-refractivity contribution < 1.29 is 9.59 Å². The number of carbonyl (C=O) groups excluding carboxylic acids is 2. The summed E-state index contributed by atoms with van der Waals surface area (Å²) in [5.74, 6) is -0.349. The van der Waals surface area contributed by atoms with Crippen LogP contribution in [-0.2, 0) is 9.59 Å². The Balaban J connectivity index is 1.60. The Hall–Kier alpha value is -3.14. The predicted molar refractivity (Wildman–Crippen MR) is 97.9 cm³/mol. The van der Waals surface area contributed by atoms with Crippen LogP contribution in [0.5, 0.6) is 0 Å². The average molecular weight is 330 g/mol. The zero-order valence-electron chi connectivity index (χ0n) is 13.6. The van der Waals surface area contributed by atoms with E-state index in [1.807, 2.05) is 72.8 Å². The highest BCUT2D eigenvalue weighted by atomic mass is 16.2. The molecule has 4 heteroatoms. The van der Waals surface area contributed by atoms with Crippen LogP contribution in [0.15, 0.2) is 84.0 Å². The molecule has 0 fully saturated rings. The van der Waals surface area contributed by atoms with Gasteiger partial charge in [0.15, 0.2) is 0 Å². The van der Waals surface area contributed by atoms with Gasteiger partial charge in [-0.15, -0.1) is 0 Å². The normalized spacial score (nSPS) is 20.6. The van der Waals surface area contributed by atoms with Crippen molar-refractivity contribution >= 4 is 23.2 Å². The van der Waals surface area contributed by atoms with Crippen LogP contribution < -0.4 is 10.6 Å². The molecule has 25 heavy (non-hydrogen) atoms. The second kappa shape index (κ2) is 6.40. The SMILES string of the molecule is O=C(Nc1ccccc1)C1=C(C(=O)Nc2ccccc2)C2C=CC1C2. The minimum absolute atomic E-state index is 0.0187. The quantitative estimate of drug-likeness (QED) is 0.839. The summed E-state index contributed by atoms with van der Waals surface area (Å²) in [6, 6.07) is 18.6. The minimum atomic E-state index is -0.193. The van der Waals surface area contributed by atoms with Gasteiger partial charge in [0, 0.05) is 34.4 Å². The van der Waals surface area contributed by atoms with Crippen LogP contribution >= 0.6 is 0 Å². The molecule has 2 bridgehead atoms. The van der Waals surface area contributed by atoms with Gasteiger partial charge in [0.2, 0.25) is 0 Å². The van der Waals surface area contributed by atoms with Crippen molar-refractivity contribution in [2.75, 3.05) is 10.6 Å². The van der Waals surface area contributed by atoms with Crippen molar-refractivity contribution in [3.05, 3.63) is 84.0 Å². The van der Waals surface area contributed by atoms with Crippen molar-refractivity contribution in [3.63, 3.8) is 0 Å². The van der Waals surface area contributed by atoms with Crippen molar-refractivity contribution in [3.8, 4) is 0 Å². The number of benzene rings is 2. The number of carbonyl (C=O) groups is 2. The van der Waals surface area contributed by atoms with E-state index in [1.165, 1.54) is 0 Å². The van der Waals surface area contributed by atoms with Crippen LogP contribution in [0.2, 0.25) is 0 Å². The van der Waals surface area contributed by atoms with Gasteiger partial charge in [-0.25, -0.2) is 0 Å². The molecule has 0 radical (unpaired) electrons. The van der Waals surface area contributed by atoms with Crippen LogP contribution in [0.3, 0.4) is 0 Å². The van der Waals surface area contributed by atoms with E-state index < -0.39 is 0 Å². The molecule has 2 aliphatic carbocycles. The Morgan fingerprint density at radius 2 is 1.08 bits per heavy atom. The summed E-state index contributed by atoms with van der Waals surface area (Å²) in [4.78, 5) is 25.6. The second-order valence-corrected chi connectivity index (χ2v) is 6.30. The highest BCUT2D eigenvalue weighted by molar-refractivity contribution is 6.15. The maximum Gasteiger partial charge on any atom is 0.252 e. The summed E-state index contributed by atoms with van der Waals surface area (Å²) in [7, 11) is 0. The lowest BCUT2D eigenvalue weighted by Crippen LogP contribution is -2.24. The van der Waals surface area contributed by atoms with Crippen molar-refractivity contribution in [1.29, 1.82) is 0 Å². The topological polar surface area (TPSA) is 58.2 Å². The Morgan fingerprint density at radius 3 is 1.48 bits per heavy atom. The van der Waals surface area contributed by atoms with Gasteiger partial charge in [0.1, 0.15) is 0 Å². The number of anilines is 2. The van der Waals surface area contributed by atoms with Gasteiger partial charge in [0.05, 0.1) is 0 Å². The largest absolute Gasteiger partial charge is 0.322 e. The van der Waals surface area contributed by atoms with Crippen molar-refractivity contribution in [2.45, 2.75) is 6.42 Å². The Morgan fingerprint density at radius 1 is 0.680 bits per heavy atom. The summed E-state index contributed by atoms with van der Waals surface area (Å²) in [5, 5.41) is 5.81. The number of nitrogens with one attached hydrogen (secondary N) is 2. The molecule has 2 atom stereocenters. The fourth-order valence-corrected chi connectivity index (χ4v) is 3.55. The van der Waals surface area contributed by atoms with Gasteiger partial charge in [-0.05, 0) is 30.7 Å². The predicted octanol–water partition coefficient (Wildman–Crippen LogP) is 3.77. The van der Waals surface area contributed by atoms with Crippen molar-refractivity contribution in [2.24, 2.45) is 11.8 Å². The van der Waals surface area contributed by atoms with E-state index in [2.05, 4.69) is 10.6 Å². The molecule has 124 valence electrons. The molecule has 2 unspecified atom stereocenters. The van der Waals surface area contributed by atoms with Crippen LogP contribution in [-0.4, -0.2) is 11.8 Å². The first-order chi connectivity index (χ1) is 12.2. The first-order valence-electron chi connectivity index (χ1n) is 8.37. The van der Waals surface area contributed by atoms with Gasteiger partial charge in [-0.2, -0.15) is 0 Å². The average Bonchev–Trinajstić information content (AvgIpc) is 3.24. The second-order valence-electron chi connectivity index (χ2n) is 6.30. The summed E-state index contributed by atoms with van der Waals surface area (Å²) in [5.41, 5.74) is 2.64. The van der Waals surface area contributed by atoms with E-state index in [0.717, 1.165) is 17.8 Å². The molecule has 2 N–H and O–H groups in total. The van der Waals surface area contributed by atoms with E-state index in [-0.39, 0.29) is 23.7 Å². The van der Waals surface area contributed by atoms with Crippen LogP contribution in [0.4, 0.5) is 11.4 Å². The van der Waals surface area contributed by atoms with E-state index in [9.17, 15) is 9.59 Å². The Bertz CT molecular complexity index is 798. The number of allylic oxidation sites excluding steroid dienone is 2. The number of rotatable bonds is 4.